The molecule has 0 radical (unpaired) electrons. The number of rotatable bonds is 7. The van der Waals surface area contributed by atoms with Crippen LogP contribution in [0.2, 0.25) is 0 Å². The summed E-state index contributed by atoms with van der Waals surface area (Å²) in [5, 5.41) is 18.7. The van der Waals surface area contributed by atoms with Crippen LogP contribution in [0.1, 0.15) is 27.1 Å². The maximum atomic E-state index is 13.0. The van der Waals surface area contributed by atoms with Crippen LogP contribution in [0.5, 0.6) is 0 Å². The first-order chi connectivity index (χ1) is 18.5. The lowest BCUT2D eigenvalue weighted by Gasteiger charge is -2.28. The molecule has 38 heavy (non-hydrogen) atoms. The summed E-state index contributed by atoms with van der Waals surface area (Å²) < 4.78 is 0. The third-order valence-electron chi connectivity index (χ3n) is 6.69. The van der Waals surface area contributed by atoms with Gasteiger partial charge in [0.25, 0.3) is 5.91 Å². The van der Waals surface area contributed by atoms with Gasteiger partial charge in [-0.1, -0.05) is 0 Å². The molecule has 0 saturated carbocycles. The molecule has 4 N–H and O–H groups in total. The van der Waals surface area contributed by atoms with Gasteiger partial charge in [-0.15, -0.1) is 0 Å². The normalized spacial score (nSPS) is 17.8. The molecule has 3 aromatic heterocycles. The van der Waals surface area contributed by atoms with Crippen molar-refractivity contribution < 1.29 is 14.7 Å². The standard InChI is InChI=1S/C27H24N8O3/c36-26(16-1-3-17(4-2-16)27(37)38)32-19-11-22(33-23(12-19)34-24-14-28-7-8-29-24)18-5-6-30-25(9-18)35-15-20-10-21(35)13-31-20/h1-9,11-12,14,20-21,31H,10,13,15H2,(H,37,38)(H2,29,32,33,34,36)/t20-,21-/m0/s1. The number of aromatic carboxylic acids is 1. The second-order valence-electron chi connectivity index (χ2n) is 9.23. The van der Waals surface area contributed by atoms with Crippen LogP contribution in [-0.4, -0.2) is 62.1 Å². The van der Waals surface area contributed by atoms with Gasteiger partial charge in [-0.05, 0) is 48.9 Å². The average Bonchev–Trinajstić information content (AvgIpc) is 3.58. The summed E-state index contributed by atoms with van der Waals surface area (Å²) in [5.74, 6) is 0.456. The Morgan fingerprint density at radius 1 is 0.974 bits per heavy atom. The molecule has 2 aliphatic heterocycles. The topological polar surface area (TPSA) is 145 Å². The molecule has 4 aromatic rings. The smallest absolute Gasteiger partial charge is 0.335 e. The van der Waals surface area contributed by atoms with Crippen molar-refractivity contribution in [3.05, 3.63) is 84.4 Å². The number of benzene rings is 1. The Bertz CT molecular complexity index is 1500. The molecule has 0 unspecified atom stereocenters. The fourth-order valence-corrected chi connectivity index (χ4v) is 4.85. The maximum absolute atomic E-state index is 13.0. The third-order valence-corrected chi connectivity index (χ3v) is 6.69. The number of piperazine rings is 1. The number of carbonyl (C=O) groups is 2. The molecule has 1 aromatic carbocycles. The van der Waals surface area contributed by atoms with Gasteiger partial charge in [0.1, 0.15) is 17.5 Å². The number of hydrogen-bond acceptors (Lipinski definition) is 9. The number of aromatic nitrogens is 4. The maximum Gasteiger partial charge on any atom is 0.335 e. The van der Waals surface area contributed by atoms with Crippen LogP contribution in [0.25, 0.3) is 11.3 Å². The molecule has 0 spiro atoms. The van der Waals surface area contributed by atoms with Gasteiger partial charge in [-0.25, -0.2) is 19.7 Å². The van der Waals surface area contributed by atoms with Gasteiger partial charge in [0, 0.05) is 66.6 Å². The Kier molecular flexibility index (Phi) is 6.10. The van der Waals surface area contributed by atoms with Crippen molar-refractivity contribution in [2.24, 2.45) is 0 Å². The van der Waals surface area contributed by atoms with E-state index in [9.17, 15) is 9.59 Å². The van der Waals surface area contributed by atoms with Crippen LogP contribution in [0, 0.1) is 0 Å². The minimum atomic E-state index is -1.05. The van der Waals surface area contributed by atoms with Gasteiger partial charge >= 0.3 is 5.97 Å². The lowest BCUT2D eigenvalue weighted by atomic mass is 10.1. The van der Waals surface area contributed by atoms with E-state index in [0.717, 1.165) is 30.9 Å². The van der Waals surface area contributed by atoms with Crippen molar-refractivity contribution in [3.63, 3.8) is 0 Å². The van der Waals surface area contributed by atoms with E-state index in [1.165, 1.54) is 24.3 Å². The number of nitrogens with zero attached hydrogens (tertiary/aromatic N) is 5. The molecule has 2 aliphatic rings. The van der Waals surface area contributed by atoms with E-state index in [4.69, 9.17) is 10.1 Å². The van der Waals surface area contributed by atoms with Gasteiger partial charge in [0.15, 0.2) is 0 Å². The lowest BCUT2D eigenvalue weighted by molar-refractivity contribution is 0.0696. The SMILES string of the molecule is O=C(O)c1ccc(C(=O)Nc2cc(Nc3cnccn3)nc(-c3ccnc(N4C[C@@H]5C[C@H]4CN5)c3)c2)cc1. The van der Waals surface area contributed by atoms with E-state index in [-0.39, 0.29) is 11.5 Å². The van der Waals surface area contributed by atoms with Crippen LogP contribution in [0.3, 0.4) is 0 Å². The number of carboxylic acids is 1. The number of carbonyl (C=O) groups excluding carboxylic acids is 1. The first-order valence-electron chi connectivity index (χ1n) is 12.2. The molecule has 6 rings (SSSR count). The zero-order chi connectivity index (χ0) is 26.1. The summed E-state index contributed by atoms with van der Waals surface area (Å²) in [6.45, 7) is 1.88. The van der Waals surface area contributed by atoms with Gasteiger partial charge in [-0.2, -0.15) is 0 Å². The molecule has 5 heterocycles. The summed E-state index contributed by atoms with van der Waals surface area (Å²) in [6.07, 6.45) is 7.62. The first kappa shape index (κ1) is 23.5. The Labute approximate surface area is 218 Å². The van der Waals surface area contributed by atoms with E-state index in [0.29, 0.717) is 40.7 Å². The molecule has 1 amide bonds. The Morgan fingerprint density at radius 2 is 1.82 bits per heavy atom. The van der Waals surface area contributed by atoms with Crippen molar-refractivity contribution in [2.75, 3.05) is 28.6 Å². The van der Waals surface area contributed by atoms with Crippen molar-refractivity contribution in [1.29, 1.82) is 0 Å². The Morgan fingerprint density at radius 3 is 2.53 bits per heavy atom. The van der Waals surface area contributed by atoms with Gasteiger partial charge in [0.05, 0.1) is 17.5 Å². The van der Waals surface area contributed by atoms with Crippen LogP contribution < -0.4 is 20.9 Å². The number of hydrogen-bond donors (Lipinski definition) is 4. The summed E-state index contributed by atoms with van der Waals surface area (Å²) in [4.78, 5) is 44.2. The Hall–Kier alpha value is -4.90. The minimum Gasteiger partial charge on any atom is -0.478 e. The van der Waals surface area contributed by atoms with E-state index in [1.807, 2.05) is 12.1 Å². The van der Waals surface area contributed by atoms with E-state index < -0.39 is 5.97 Å². The van der Waals surface area contributed by atoms with Crippen molar-refractivity contribution in [1.82, 2.24) is 25.3 Å². The number of pyridine rings is 2. The van der Waals surface area contributed by atoms with Crippen LogP contribution in [0.15, 0.2) is 73.3 Å². The molecule has 2 fully saturated rings. The summed E-state index contributed by atoms with van der Waals surface area (Å²) in [7, 11) is 0. The lowest BCUT2D eigenvalue weighted by Crippen LogP contribution is -2.43. The molecule has 2 atom stereocenters. The quantitative estimate of drug-likeness (QED) is 0.294. The molecule has 190 valence electrons. The van der Waals surface area contributed by atoms with Crippen LogP contribution in [-0.2, 0) is 0 Å². The molecule has 11 heteroatoms. The van der Waals surface area contributed by atoms with E-state index >= 15 is 0 Å². The molecular formula is C27H24N8O3. The summed E-state index contributed by atoms with van der Waals surface area (Å²) >= 11 is 0. The monoisotopic (exact) mass is 508 g/mol. The number of amides is 1. The Balaban J connectivity index is 1.32. The van der Waals surface area contributed by atoms with Crippen LogP contribution >= 0.6 is 0 Å². The second-order valence-corrected chi connectivity index (χ2v) is 9.23. The fraction of sp³-hybridized carbons (Fsp3) is 0.185. The predicted molar refractivity (Wildman–Crippen MR) is 142 cm³/mol. The molecule has 11 nitrogen and oxygen atoms in total. The largest absolute Gasteiger partial charge is 0.478 e. The van der Waals surface area contributed by atoms with E-state index in [2.05, 4.69) is 35.8 Å². The average molecular weight is 509 g/mol. The van der Waals surface area contributed by atoms with Crippen molar-refractivity contribution in [3.8, 4) is 11.3 Å². The van der Waals surface area contributed by atoms with Crippen molar-refractivity contribution in [2.45, 2.75) is 18.5 Å². The van der Waals surface area contributed by atoms with Crippen LogP contribution in [0.4, 0.5) is 23.1 Å². The molecule has 2 bridgehead atoms. The minimum absolute atomic E-state index is 0.110. The summed E-state index contributed by atoms with van der Waals surface area (Å²) in [5.41, 5.74) is 2.45. The number of anilines is 4. The second kappa shape index (κ2) is 9.87. The van der Waals surface area contributed by atoms with Crippen molar-refractivity contribution >= 4 is 35.0 Å². The third kappa shape index (κ3) is 4.87. The van der Waals surface area contributed by atoms with Gasteiger partial charge in [0.2, 0.25) is 0 Å². The zero-order valence-electron chi connectivity index (χ0n) is 20.2. The molecule has 0 aliphatic carbocycles. The van der Waals surface area contributed by atoms with Gasteiger partial charge < -0.3 is 26.0 Å². The van der Waals surface area contributed by atoms with Gasteiger partial charge in [-0.3, -0.25) is 9.78 Å². The highest BCUT2D eigenvalue weighted by atomic mass is 16.4. The highest BCUT2D eigenvalue weighted by Gasteiger charge is 2.38. The predicted octanol–water partition coefficient (Wildman–Crippen LogP) is 3.18. The molecular weight excluding hydrogens is 484 g/mol. The number of fused-ring (bicyclic) bond motifs is 2. The zero-order valence-corrected chi connectivity index (χ0v) is 20.2. The highest BCUT2D eigenvalue weighted by molar-refractivity contribution is 6.05. The first-order valence-corrected chi connectivity index (χ1v) is 12.2. The summed E-state index contributed by atoms with van der Waals surface area (Å²) in [6, 6.07) is 14.1. The highest BCUT2D eigenvalue weighted by Crippen LogP contribution is 2.32. The fourth-order valence-electron chi connectivity index (χ4n) is 4.85. The number of nitrogens with one attached hydrogen (secondary N) is 3. The van der Waals surface area contributed by atoms with E-state index in [1.54, 1.807) is 36.9 Å². The number of carboxylic acid groups (broad SMARTS) is 1. The molecule has 2 saturated heterocycles.